The average Bonchev–Trinajstić information content (AvgIpc) is 2.55. The van der Waals surface area contributed by atoms with Gasteiger partial charge in [0, 0.05) is 20.9 Å². The third kappa shape index (κ3) is 5.90. The van der Waals surface area contributed by atoms with Crippen LogP contribution in [0.15, 0.2) is 0 Å². The van der Waals surface area contributed by atoms with Crippen LogP contribution in [-0.4, -0.2) is 90.0 Å². The molecule has 0 unspecified atom stereocenters. The molecule has 144 valence electrons. The van der Waals surface area contributed by atoms with Gasteiger partial charge in [-0.2, -0.15) is 0 Å². The fourth-order valence-electron chi connectivity index (χ4n) is 2.41. The van der Waals surface area contributed by atoms with Gasteiger partial charge in [-0.15, -0.1) is 0 Å². The average molecular weight is 363 g/mol. The van der Waals surface area contributed by atoms with Crippen LogP contribution >= 0.6 is 0 Å². The molecule has 1 rings (SSSR count). The first kappa shape index (κ1) is 21.3. The van der Waals surface area contributed by atoms with Gasteiger partial charge in [-0.1, -0.05) is 0 Å². The van der Waals surface area contributed by atoms with Gasteiger partial charge >= 0.3 is 0 Å². The van der Waals surface area contributed by atoms with Crippen molar-refractivity contribution < 1.29 is 39.2 Å². The summed E-state index contributed by atoms with van der Waals surface area (Å²) < 4.78 is 10.8. The first-order chi connectivity index (χ1) is 11.7. The molecule has 0 aromatic rings. The summed E-state index contributed by atoms with van der Waals surface area (Å²) in [5, 5.41) is 36.4. The van der Waals surface area contributed by atoms with E-state index in [1.54, 1.807) is 0 Å². The van der Waals surface area contributed by atoms with Crippen LogP contribution in [0.1, 0.15) is 13.8 Å². The van der Waals surface area contributed by atoms with Crippen molar-refractivity contribution in [3.8, 4) is 0 Å². The molecule has 0 aromatic heterocycles. The lowest BCUT2D eigenvalue weighted by Gasteiger charge is -2.42. The monoisotopic (exact) mass is 363 g/mol. The van der Waals surface area contributed by atoms with Gasteiger partial charge in [0.2, 0.25) is 17.7 Å². The highest BCUT2D eigenvalue weighted by Crippen LogP contribution is 2.22. The molecule has 0 saturated carbocycles. The van der Waals surface area contributed by atoms with Crippen LogP contribution in [0, 0.1) is 0 Å². The molecule has 6 N–H and O–H groups in total. The highest BCUT2D eigenvalue weighted by atomic mass is 16.7. The molecule has 1 fully saturated rings. The molecule has 0 aromatic carbocycles. The molecule has 0 radical (unpaired) electrons. The van der Waals surface area contributed by atoms with Crippen LogP contribution in [0.2, 0.25) is 0 Å². The maximum Gasteiger partial charge on any atom is 0.244 e. The van der Waals surface area contributed by atoms with E-state index in [2.05, 4.69) is 16.0 Å². The Morgan fingerprint density at radius 3 is 2.28 bits per heavy atom. The van der Waals surface area contributed by atoms with Gasteiger partial charge in [-0.25, -0.2) is 0 Å². The van der Waals surface area contributed by atoms with Crippen molar-refractivity contribution in [1.29, 1.82) is 0 Å². The Hall–Kier alpha value is -1.79. The number of carbonyl (C=O) groups excluding carboxylic acids is 3. The number of hydrogen-bond donors (Lipinski definition) is 6. The van der Waals surface area contributed by atoms with Crippen LogP contribution in [-0.2, 0) is 23.9 Å². The largest absolute Gasteiger partial charge is 0.394 e. The second-order valence-electron chi connectivity index (χ2n) is 5.63. The molecule has 25 heavy (non-hydrogen) atoms. The van der Waals surface area contributed by atoms with E-state index in [0.717, 1.165) is 0 Å². The molecule has 0 bridgehead atoms. The smallest absolute Gasteiger partial charge is 0.244 e. The van der Waals surface area contributed by atoms with E-state index in [1.165, 1.54) is 20.9 Å². The molecule has 0 spiro atoms. The summed E-state index contributed by atoms with van der Waals surface area (Å²) in [5.74, 6) is -1.47. The van der Waals surface area contributed by atoms with Crippen LogP contribution in [0.25, 0.3) is 0 Å². The number of ether oxygens (including phenoxy) is 2. The van der Waals surface area contributed by atoms with Gasteiger partial charge in [0.15, 0.2) is 6.29 Å². The maximum absolute atomic E-state index is 11.8. The lowest BCUT2D eigenvalue weighted by Crippen LogP contribution is -2.65. The summed E-state index contributed by atoms with van der Waals surface area (Å²) >= 11 is 0. The van der Waals surface area contributed by atoms with E-state index >= 15 is 0 Å². The lowest BCUT2D eigenvalue weighted by atomic mass is 9.97. The van der Waals surface area contributed by atoms with Crippen molar-refractivity contribution in [2.75, 3.05) is 20.3 Å². The second-order valence-corrected chi connectivity index (χ2v) is 5.63. The maximum atomic E-state index is 11.8. The number of carbonyl (C=O) groups is 3. The summed E-state index contributed by atoms with van der Waals surface area (Å²) in [6.45, 7) is 1.53. The number of amides is 3. The minimum absolute atomic E-state index is 0.318. The Morgan fingerprint density at radius 2 is 1.80 bits per heavy atom. The number of hydrogen-bond acceptors (Lipinski definition) is 8. The zero-order chi connectivity index (χ0) is 19.1. The van der Waals surface area contributed by atoms with E-state index in [4.69, 9.17) is 9.47 Å². The summed E-state index contributed by atoms with van der Waals surface area (Å²) in [6.07, 6.45) is -5.28. The van der Waals surface area contributed by atoms with E-state index in [9.17, 15) is 29.7 Å². The van der Waals surface area contributed by atoms with Crippen molar-refractivity contribution in [2.24, 2.45) is 0 Å². The highest BCUT2D eigenvalue weighted by molar-refractivity contribution is 5.86. The Balaban J connectivity index is 2.86. The van der Waals surface area contributed by atoms with Crippen molar-refractivity contribution >= 4 is 17.7 Å². The number of rotatable bonds is 7. The minimum Gasteiger partial charge on any atom is -0.394 e. The van der Waals surface area contributed by atoms with Gasteiger partial charge in [0.1, 0.15) is 30.4 Å². The van der Waals surface area contributed by atoms with Gasteiger partial charge in [0.25, 0.3) is 0 Å². The van der Waals surface area contributed by atoms with Crippen molar-refractivity contribution in [3.05, 3.63) is 0 Å². The Kier molecular flexibility index (Phi) is 8.19. The summed E-state index contributed by atoms with van der Waals surface area (Å²) in [4.78, 5) is 34.3. The Labute approximate surface area is 144 Å². The van der Waals surface area contributed by atoms with E-state index in [0.29, 0.717) is 0 Å². The van der Waals surface area contributed by atoms with Crippen molar-refractivity contribution in [1.82, 2.24) is 16.0 Å². The zero-order valence-electron chi connectivity index (χ0n) is 14.3. The Bertz CT molecular complexity index is 489. The highest BCUT2D eigenvalue weighted by Gasteiger charge is 2.45. The molecule has 1 saturated heterocycles. The molecule has 3 amide bonds. The van der Waals surface area contributed by atoms with Crippen LogP contribution < -0.4 is 16.0 Å². The number of aliphatic hydroxyl groups excluding tert-OH is 3. The number of aliphatic hydroxyl groups is 3. The molecular weight excluding hydrogens is 338 g/mol. The molecule has 1 heterocycles. The van der Waals surface area contributed by atoms with E-state index in [-0.39, 0.29) is 6.61 Å². The molecule has 11 heteroatoms. The number of nitrogens with one attached hydrogen (secondary N) is 3. The zero-order valence-corrected chi connectivity index (χ0v) is 14.3. The second kappa shape index (κ2) is 9.63. The van der Waals surface area contributed by atoms with Gasteiger partial charge in [-0.05, 0) is 0 Å². The van der Waals surface area contributed by atoms with E-state index < -0.39 is 61.0 Å². The third-order valence-corrected chi connectivity index (χ3v) is 3.62. The predicted octanol–water partition coefficient (Wildman–Crippen LogP) is -3.80. The van der Waals surface area contributed by atoms with Crippen LogP contribution in [0.5, 0.6) is 0 Å². The standard InChI is InChI=1S/C14H25N3O8/c1-6(19)16-8(13(23)15-3)5-24-14-10(17-7(2)20)12(22)11(21)9(4-18)25-14/h8-12,14,18,21-22H,4-5H2,1-3H3,(H,15,23)(H,16,19)(H,17,20)/t8-,9+,10-,11+,12+,14+/m0/s1. The van der Waals surface area contributed by atoms with Crippen LogP contribution in [0.3, 0.4) is 0 Å². The fourth-order valence-corrected chi connectivity index (χ4v) is 2.41. The lowest BCUT2D eigenvalue weighted by molar-refractivity contribution is -0.270. The summed E-state index contributed by atoms with van der Waals surface area (Å²) in [5.41, 5.74) is 0. The first-order valence-electron chi connectivity index (χ1n) is 7.71. The Morgan fingerprint density at radius 1 is 1.16 bits per heavy atom. The normalized spacial score (nSPS) is 30.2. The van der Waals surface area contributed by atoms with Crippen molar-refractivity contribution in [2.45, 2.75) is 50.5 Å². The predicted molar refractivity (Wildman–Crippen MR) is 83.0 cm³/mol. The van der Waals surface area contributed by atoms with Crippen LogP contribution in [0.4, 0.5) is 0 Å². The molecule has 11 nitrogen and oxygen atoms in total. The van der Waals surface area contributed by atoms with Gasteiger partial charge in [-0.3, -0.25) is 14.4 Å². The molecule has 0 aliphatic carbocycles. The molecule has 1 aliphatic rings. The SMILES string of the molecule is CNC(=O)[C@H](CO[C@@H]1O[C@H](CO)[C@@H](O)[C@H](O)[C@@H]1NC(C)=O)NC(C)=O. The minimum atomic E-state index is -1.46. The third-order valence-electron chi connectivity index (χ3n) is 3.62. The van der Waals surface area contributed by atoms with Gasteiger partial charge < -0.3 is 40.7 Å². The first-order valence-corrected chi connectivity index (χ1v) is 7.71. The quantitative estimate of drug-likeness (QED) is 0.268. The fraction of sp³-hybridized carbons (Fsp3) is 0.786. The van der Waals surface area contributed by atoms with Crippen molar-refractivity contribution in [3.63, 3.8) is 0 Å². The summed E-state index contributed by atoms with van der Waals surface area (Å²) in [6, 6.07) is -2.15. The molecule has 6 atom stereocenters. The number of likely N-dealkylation sites (N-methyl/N-ethyl adjacent to an activating group) is 1. The van der Waals surface area contributed by atoms with E-state index in [1.807, 2.05) is 0 Å². The van der Waals surface area contributed by atoms with Gasteiger partial charge in [0.05, 0.1) is 13.2 Å². The summed E-state index contributed by atoms with van der Waals surface area (Å²) in [7, 11) is 1.39. The molecular formula is C14H25N3O8. The topological polar surface area (TPSA) is 166 Å². The molecule has 1 aliphatic heterocycles.